The van der Waals surface area contributed by atoms with Crippen LogP contribution in [0.1, 0.15) is 17.9 Å². The van der Waals surface area contributed by atoms with Gasteiger partial charge in [-0.1, -0.05) is 18.2 Å². The summed E-state index contributed by atoms with van der Waals surface area (Å²) in [6, 6.07) is 7.00. The zero-order valence-electron chi connectivity index (χ0n) is 9.59. The van der Waals surface area contributed by atoms with Crippen LogP contribution in [0.2, 0.25) is 0 Å². The van der Waals surface area contributed by atoms with Crippen molar-refractivity contribution in [2.75, 3.05) is 4.72 Å². The van der Waals surface area contributed by atoms with E-state index in [9.17, 15) is 8.42 Å². The third-order valence-electron chi connectivity index (χ3n) is 2.40. The summed E-state index contributed by atoms with van der Waals surface area (Å²) in [7, 11) is -3.65. The summed E-state index contributed by atoms with van der Waals surface area (Å²) < 4.78 is 26.5. The number of H-pyrrole nitrogens is 1. The molecule has 0 aliphatic heterocycles. The molecule has 0 radical (unpaired) electrons. The molecule has 2 N–H and O–H groups in total. The second-order valence-electron chi connectivity index (χ2n) is 3.72. The molecule has 2 rings (SSSR count). The number of hydrogen-bond donors (Lipinski definition) is 2. The van der Waals surface area contributed by atoms with Crippen LogP contribution in [0.4, 0.5) is 5.69 Å². The zero-order valence-corrected chi connectivity index (χ0v) is 11.2. The second-order valence-corrected chi connectivity index (χ2v) is 6.03. The van der Waals surface area contributed by atoms with Gasteiger partial charge in [0.05, 0.1) is 23.6 Å². The fraction of sp³-hybridized carbons (Fsp3) is 0.182. The minimum absolute atomic E-state index is 0.0135. The summed E-state index contributed by atoms with van der Waals surface area (Å²) in [5, 5.41) is -0.273. The Kier molecular flexibility index (Phi) is 3.58. The summed E-state index contributed by atoms with van der Waals surface area (Å²) in [5.41, 5.74) is 1.19. The van der Waals surface area contributed by atoms with Gasteiger partial charge >= 0.3 is 0 Å². The highest BCUT2D eigenvalue weighted by atomic mass is 35.5. The number of nitrogens with one attached hydrogen (secondary N) is 2. The van der Waals surface area contributed by atoms with Gasteiger partial charge in [-0.2, -0.15) is 8.42 Å². The van der Waals surface area contributed by atoms with Crippen LogP contribution in [-0.2, 0) is 10.0 Å². The molecule has 18 heavy (non-hydrogen) atoms. The first-order valence-electron chi connectivity index (χ1n) is 5.25. The maximum absolute atomic E-state index is 12.0. The zero-order chi connectivity index (χ0) is 13.2. The third-order valence-corrected chi connectivity index (χ3v) is 3.92. The molecule has 1 atom stereocenters. The number of aromatic amines is 1. The normalized spacial score (nSPS) is 13.2. The highest BCUT2D eigenvalue weighted by Crippen LogP contribution is 2.28. The number of hydrogen-bond acceptors (Lipinski definition) is 3. The highest BCUT2D eigenvalue weighted by Gasteiger charge is 2.18. The minimum Gasteiger partial charge on any atom is -0.334 e. The molecule has 2 aromatic rings. The van der Waals surface area contributed by atoms with Gasteiger partial charge in [0.25, 0.3) is 10.0 Å². The first-order chi connectivity index (χ1) is 8.50. The topological polar surface area (TPSA) is 74.8 Å². The number of anilines is 1. The van der Waals surface area contributed by atoms with Crippen LogP contribution < -0.4 is 4.72 Å². The summed E-state index contributed by atoms with van der Waals surface area (Å²) in [6.45, 7) is 1.78. The van der Waals surface area contributed by atoms with Crippen molar-refractivity contribution >= 4 is 27.3 Å². The van der Waals surface area contributed by atoms with Crippen molar-refractivity contribution in [3.63, 3.8) is 0 Å². The Morgan fingerprint density at radius 3 is 2.72 bits per heavy atom. The molecule has 0 saturated carbocycles. The number of aromatic nitrogens is 2. The molecule has 1 unspecified atom stereocenters. The van der Waals surface area contributed by atoms with Gasteiger partial charge in [0, 0.05) is 0 Å². The molecule has 0 spiro atoms. The molecule has 5 nitrogen and oxygen atoms in total. The van der Waals surface area contributed by atoms with Crippen molar-refractivity contribution in [1.29, 1.82) is 0 Å². The fourth-order valence-corrected chi connectivity index (χ4v) is 2.71. The number of rotatable bonds is 4. The van der Waals surface area contributed by atoms with Crippen LogP contribution in [0.5, 0.6) is 0 Å². The summed E-state index contributed by atoms with van der Waals surface area (Å²) >= 11 is 6.01. The molecule has 0 aliphatic rings. The lowest BCUT2D eigenvalue weighted by Crippen LogP contribution is -2.14. The Balaban J connectivity index is 2.36. The summed E-state index contributed by atoms with van der Waals surface area (Å²) in [4.78, 5) is 6.24. The van der Waals surface area contributed by atoms with Gasteiger partial charge < -0.3 is 4.98 Å². The van der Waals surface area contributed by atoms with Crippen molar-refractivity contribution in [2.45, 2.75) is 17.3 Å². The van der Waals surface area contributed by atoms with Crippen molar-refractivity contribution in [3.8, 4) is 0 Å². The lowest BCUT2D eigenvalue weighted by atomic mass is 10.1. The van der Waals surface area contributed by atoms with Crippen LogP contribution >= 0.6 is 11.6 Å². The average Bonchev–Trinajstić information content (AvgIpc) is 2.83. The standard InChI is InChI=1S/C11H12ClN3O2S/c1-8(12)9-4-2-3-5-10(9)15-18(16,17)11-6-13-7-14-11/h2-8,15H,1H3,(H,13,14). The molecule has 0 bridgehead atoms. The second kappa shape index (κ2) is 4.99. The first-order valence-corrected chi connectivity index (χ1v) is 7.17. The molecule has 0 amide bonds. The molecule has 0 saturated heterocycles. The molecular formula is C11H12ClN3O2S. The number of alkyl halides is 1. The first kappa shape index (κ1) is 12.9. The molecule has 1 heterocycles. The molecule has 0 aliphatic carbocycles. The Labute approximate surface area is 110 Å². The fourth-order valence-electron chi connectivity index (χ4n) is 1.53. The van der Waals surface area contributed by atoms with E-state index in [1.807, 2.05) is 6.07 Å². The van der Waals surface area contributed by atoms with Crippen molar-refractivity contribution in [2.24, 2.45) is 0 Å². The monoisotopic (exact) mass is 285 g/mol. The van der Waals surface area contributed by atoms with Gasteiger partial charge in [-0.3, -0.25) is 4.72 Å². The van der Waals surface area contributed by atoms with E-state index in [2.05, 4.69) is 14.7 Å². The van der Waals surface area contributed by atoms with E-state index >= 15 is 0 Å². The van der Waals surface area contributed by atoms with Crippen molar-refractivity contribution in [1.82, 2.24) is 9.97 Å². The van der Waals surface area contributed by atoms with Gasteiger partial charge in [-0.25, -0.2) is 4.98 Å². The van der Waals surface area contributed by atoms with Crippen LogP contribution in [0.3, 0.4) is 0 Å². The number of sulfonamides is 1. The number of halogens is 1. The van der Waals surface area contributed by atoms with Crippen LogP contribution in [-0.4, -0.2) is 18.4 Å². The molecule has 96 valence electrons. The van der Waals surface area contributed by atoms with Gasteiger partial charge in [0.15, 0.2) is 5.03 Å². The molecular weight excluding hydrogens is 274 g/mol. The Hall–Kier alpha value is -1.53. The number of para-hydroxylation sites is 1. The Morgan fingerprint density at radius 1 is 1.39 bits per heavy atom. The van der Waals surface area contributed by atoms with Gasteiger partial charge in [0.2, 0.25) is 0 Å². The largest absolute Gasteiger partial charge is 0.334 e. The molecule has 7 heteroatoms. The lowest BCUT2D eigenvalue weighted by molar-refractivity contribution is 0.598. The van der Waals surface area contributed by atoms with E-state index in [0.29, 0.717) is 5.69 Å². The lowest BCUT2D eigenvalue weighted by Gasteiger charge is -2.12. The van der Waals surface area contributed by atoms with E-state index in [1.165, 1.54) is 12.5 Å². The summed E-state index contributed by atoms with van der Waals surface area (Å²) in [5.74, 6) is 0. The third kappa shape index (κ3) is 2.65. The average molecular weight is 286 g/mol. The minimum atomic E-state index is -3.65. The molecule has 1 aromatic carbocycles. The summed E-state index contributed by atoms with van der Waals surface area (Å²) in [6.07, 6.45) is 2.56. The van der Waals surface area contributed by atoms with Gasteiger partial charge in [-0.15, -0.1) is 11.6 Å². The number of nitrogens with zero attached hydrogens (tertiary/aromatic N) is 1. The maximum Gasteiger partial charge on any atom is 0.278 e. The van der Waals surface area contributed by atoms with E-state index in [4.69, 9.17) is 11.6 Å². The predicted molar refractivity (Wildman–Crippen MR) is 70.1 cm³/mol. The van der Waals surface area contributed by atoms with E-state index in [0.717, 1.165) is 5.56 Å². The van der Waals surface area contributed by atoms with Crippen molar-refractivity contribution in [3.05, 3.63) is 42.4 Å². The maximum atomic E-state index is 12.0. The van der Waals surface area contributed by atoms with Crippen molar-refractivity contribution < 1.29 is 8.42 Å². The van der Waals surface area contributed by atoms with Crippen LogP contribution in [0.15, 0.2) is 41.8 Å². The SMILES string of the molecule is CC(Cl)c1ccccc1NS(=O)(=O)c1cnc[nH]1. The van der Waals surface area contributed by atoms with Gasteiger partial charge in [-0.05, 0) is 18.6 Å². The van der Waals surface area contributed by atoms with Crippen LogP contribution in [0, 0.1) is 0 Å². The van der Waals surface area contributed by atoms with E-state index < -0.39 is 10.0 Å². The Morgan fingerprint density at radius 2 is 2.11 bits per heavy atom. The van der Waals surface area contributed by atoms with E-state index in [1.54, 1.807) is 25.1 Å². The number of imidazole rings is 1. The van der Waals surface area contributed by atoms with Crippen LogP contribution in [0.25, 0.3) is 0 Å². The van der Waals surface area contributed by atoms with Gasteiger partial charge in [0.1, 0.15) is 0 Å². The highest BCUT2D eigenvalue weighted by molar-refractivity contribution is 7.92. The number of benzene rings is 1. The quantitative estimate of drug-likeness (QED) is 0.848. The van der Waals surface area contributed by atoms with E-state index in [-0.39, 0.29) is 10.4 Å². The molecule has 1 aromatic heterocycles. The Bertz CT molecular complexity index is 623. The smallest absolute Gasteiger partial charge is 0.278 e. The predicted octanol–water partition coefficient (Wildman–Crippen LogP) is 2.51. The molecule has 0 fully saturated rings.